The summed E-state index contributed by atoms with van der Waals surface area (Å²) in [5.41, 5.74) is 4.85. The Balaban J connectivity index is 2.32. The molecule has 102 valence electrons. The van der Waals surface area contributed by atoms with E-state index < -0.39 is 5.60 Å². The van der Waals surface area contributed by atoms with Crippen LogP contribution >= 0.6 is 0 Å². The van der Waals surface area contributed by atoms with Crippen LogP contribution in [0, 0.1) is 5.92 Å². The molecule has 0 amide bonds. The van der Waals surface area contributed by atoms with Gasteiger partial charge in [0, 0.05) is 19.1 Å². The molecule has 0 radical (unpaired) electrons. The summed E-state index contributed by atoms with van der Waals surface area (Å²) in [7, 11) is 2.17. The molecule has 1 fully saturated rings. The number of hydrogen-bond donors (Lipinski definition) is 2. The maximum Gasteiger partial charge on any atom is 0.0756 e. The smallest absolute Gasteiger partial charge is 0.0756 e. The van der Waals surface area contributed by atoms with Crippen LogP contribution in [0.5, 0.6) is 0 Å². The molecule has 2 unspecified atom stereocenters. The molecule has 17 heavy (non-hydrogen) atoms. The molecular formula is C14H30N2O. The first-order valence-electron chi connectivity index (χ1n) is 7.07. The second kappa shape index (κ2) is 6.72. The number of nitrogens with two attached hydrogens (primary N) is 1. The monoisotopic (exact) mass is 242 g/mol. The molecule has 1 rings (SSSR count). The van der Waals surface area contributed by atoms with E-state index in [1.54, 1.807) is 0 Å². The highest BCUT2D eigenvalue weighted by Crippen LogP contribution is 2.25. The third kappa shape index (κ3) is 5.36. The zero-order valence-electron chi connectivity index (χ0n) is 11.8. The third-order valence-electron chi connectivity index (χ3n) is 4.20. The first-order chi connectivity index (χ1) is 7.94. The second-order valence-corrected chi connectivity index (χ2v) is 6.20. The van der Waals surface area contributed by atoms with Gasteiger partial charge in [-0.25, -0.2) is 0 Å². The van der Waals surface area contributed by atoms with E-state index in [0.29, 0.717) is 12.6 Å². The van der Waals surface area contributed by atoms with Crippen LogP contribution in [-0.2, 0) is 0 Å². The lowest BCUT2D eigenvalue weighted by Gasteiger charge is -2.34. The predicted octanol–water partition coefficient (Wildman–Crippen LogP) is 1.99. The highest BCUT2D eigenvalue weighted by molar-refractivity contribution is 4.81. The van der Waals surface area contributed by atoms with Gasteiger partial charge in [0.25, 0.3) is 0 Å². The molecule has 3 N–H and O–H groups in total. The Morgan fingerprint density at radius 2 is 1.94 bits per heavy atom. The quantitative estimate of drug-likeness (QED) is 0.749. The van der Waals surface area contributed by atoms with E-state index in [9.17, 15) is 5.11 Å². The summed E-state index contributed by atoms with van der Waals surface area (Å²) >= 11 is 0. The normalized spacial score (nSPS) is 23.6. The SMILES string of the molecule is CC(CC(C)(O)CN)N(C)CC1CCCCC1. The fourth-order valence-electron chi connectivity index (χ4n) is 2.83. The van der Waals surface area contributed by atoms with Gasteiger partial charge in [-0.15, -0.1) is 0 Å². The van der Waals surface area contributed by atoms with Gasteiger partial charge >= 0.3 is 0 Å². The van der Waals surface area contributed by atoms with Crippen LogP contribution < -0.4 is 5.73 Å². The lowest BCUT2D eigenvalue weighted by molar-refractivity contribution is 0.0299. The first kappa shape index (κ1) is 14.9. The van der Waals surface area contributed by atoms with Gasteiger partial charge in [0.05, 0.1) is 5.60 Å². The van der Waals surface area contributed by atoms with Crippen LogP contribution in [0.1, 0.15) is 52.4 Å². The largest absolute Gasteiger partial charge is 0.389 e. The Morgan fingerprint density at radius 1 is 1.35 bits per heavy atom. The van der Waals surface area contributed by atoms with E-state index in [4.69, 9.17) is 5.73 Å². The molecule has 0 aromatic rings. The van der Waals surface area contributed by atoms with Crippen molar-refractivity contribution in [3.63, 3.8) is 0 Å². The molecular weight excluding hydrogens is 212 g/mol. The van der Waals surface area contributed by atoms with Gasteiger partial charge in [0.2, 0.25) is 0 Å². The Morgan fingerprint density at radius 3 is 2.47 bits per heavy atom. The van der Waals surface area contributed by atoms with Gasteiger partial charge in [0.1, 0.15) is 0 Å². The highest BCUT2D eigenvalue weighted by Gasteiger charge is 2.25. The summed E-state index contributed by atoms with van der Waals surface area (Å²) < 4.78 is 0. The molecule has 1 aliphatic carbocycles. The van der Waals surface area contributed by atoms with Gasteiger partial charge in [0.15, 0.2) is 0 Å². The number of rotatable bonds is 6. The standard InChI is InChI=1S/C14H30N2O/c1-12(9-14(2,17)11-15)16(3)10-13-7-5-4-6-8-13/h12-13,17H,4-11,15H2,1-3H3. The second-order valence-electron chi connectivity index (χ2n) is 6.20. The van der Waals surface area contributed by atoms with Crippen molar-refractivity contribution in [1.29, 1.82) is 0 Å². The van der Waals surface area contributed by atoms with Crippen molar-refractivity contribution in [2.75, 3.05) is 20.1 Å². The molecule has 1 saturated carbocycles. The Labute approximate surface area is 106 Å². The van der Waals surface area contributed by atoms with Crippen LogP contribution in [0.2, 0.25) is 0 Å². The van der Waals surface area contributed by atoms with Crippen molar-refractivity contribution >= 4 is 0 Å². The summed E-state index contributed by atoms with van der Waals surface area (Å²) in [5, 5.41) is 10.00. The van der Waals surface area contributed by atoms with Crippen LogP contribution in [0.3, 0.4) is 0 Å². The van der Waals surface area contributed by atoms with Crippen LogP contribution in [0.25, 0.3) is 0 Å². The minimum Gasteiger partial charge on any atom is -0.389 e. The van der Waals surface area contributed by atoms with Gasteiger partial charge in [-0.2, -0.15) is 0 Å². The van der Waals surface area contributed by atoms with E-state index in [0.717, 1.165) is 12.3 Å². The zero-order valence-corrected chi connectivity index (χ0v) is 11.8. The Kier molecular flexibility index (Phi) is 5.90. The molecule has 0 aromatic carbocycles. The van der Waals surface area contributed by atoms with Crippen molar-refractivity contribution in [1.82, 2.24) is 4.90 Å². The van der Waals surface area contributed by atoms with Crippen LogP contribution in [0.15, 0.2) is 0 Å². The lowest BCUT2D eigenvalue weighted by Crippen LogP contribution is -2.43. The summed E-state index contributed by atoms with van der Waals surface area (Å²) in [5.74, 6) is 0.860. The average molecular weight is 242 g/mol. The van der Waals surface area contributed by atoms with Crippen molar-refractivity contribution in [3.05, 3.63) is 0 Å². The lowest BCUT2D eigenvalue weighted by atomic mass is 9.88. The minimum atomic E-state index is -0.722. The van der Waals surface area contributed by atoms with Crippen molar-refractivity contribution < 1.29 is 5.11 Å². The number of nitrogens with zero attached hydrogens (tertiary/aromatic N) is 1. The van der Waals surface area contributed by atoms with Crippen LogP contribution in [0.4, 0.5) is 0 Å². The molecule has 0 heterocycles. The first-order valence-corrected chi connectivity index (χ1v) is 7.07. The molecule has 0 aromatic heterocycles. The van der Waals surface area contributed by atoms with E-state index in [1.807, 2.05) is 6.92 Å². The van der Waals surface area contributed by atoms with E-state index >= 15 is 0 Å². The van der Waals surface area contributed by atoms with Gasteiger partial charge in [-0.1, -0.05) is 19.3 Å². The van der Waals surface area contributed by atoms with E-state index in [-0.39, 0.29) is 0 Å². The summed E-state index contributed by atoms with van der Waals surface area (Å²) in [6.45, 7) is 5.53. The molecule has 3 heteroatoms. The van der Waals surface area contributed by atoms with Gasteiger partial charge in [-0.05, 0) is 46.1 Å². The molecule has 0 saturated heterocycles. The van der Waals surface area contributed by atoms with E-state index in [1.165, 1.54) is 38.6 Å². The zero-order chi connectivity index (χ0) is 12.9. The van der Waals surface area contributed by atoms with Crippen LogP contribution in [-0.4, -0.2) is 41.8 Å². The Hall–Kier alpha value is -0.120. The maximum absolute atomic E-state index is 10.00. The average Bonchev–Trinajstić information content (AvgIpc) is 2.30. The molecule has 0 bridgehead atoms. The van der Waals surface area contributed by atoms with Crippen molar-refractivity contribution in [2.45, 2.75) is 64.0 Å². The Bertz CT molecular complexity index is 212. The fraction of sp³-hybridized carbons (Fsp3) is 1.00. The molecule has 1 aliphatic rings. The van der Waals surface area contributed by atoms with Crippen molar-refractivity contribution in [3.8, 4) is 0 Å². The molecule has 3 nitrogen and oxygen atoms in total. The third-order valence-corrected chi connectivity index (χ3v) is 4.20. The highest BCUT2D eigenvalue weighted by atomic mass is 16.3. The molecule has 2 atom stereocenters. The summed E-state index contributed by atoms with van der Waals surface area (Å²) in [4.78, 5) is 2.39. The summed E-state index contributed by atoms with van der Waals surface area (Å²) in [6.07, 6.45) is 7.72. The number of aliphatic hydroxyl groups is 1. The maximum atomic E-state index is 10.00. The van der Waals surface area contributed by atoms with Crippen molar-refractivity contribution in [2.24, 2.45) is 11.7 Å². The topological polar surface area (TPSA) is 49.5 Å². The van der Waals surface area contributed by atoms with Gasteiger partial charge < -0.3 is 15.7 Å². The fourth-order valence-corrected chi connectivity index (χ4v) is 2.83. The predicted molar refractivity (Wildman–Crippen MR) is 73.0 cm³/mol. The molecule has 0 spiro atoms. The van der Waals surface area contributed by atoms with Gasteiger partial charge in [-0.3, -0.25) is 0 Å². The summed E-state index contributed by atoms with van der Waals surface area (Å²) in [6, 6.07) is 0.399. The number of hydrogen-bond acceptors (Lipinski definition) is 3. The minimum absolute atomic E-state index is 0.342. The van der Waals surface area contributed by atoms with E-state index in [2.05, 4.69) is 18.9 Å². The molecule has 0 aliphatic heterocycles.